The fourth-order valence-electron chi connectivity index (χ4n) is 2.84. The van der Waals surface area contributed by atoms with Crippen LogP contribution in [-0.2, 0) is 0 Å². The third kappa shape index (κ3) is 3.27. The van der Waals surface area contributed by atoms with Gasteiger partial charge in [-0.05, 0) is 24.0 Å². The molecule has 1 fully saturated rings. The summed E-state index contributed by atoms with van der Waals surface area (Å²) in [6, 6.07) is 8.95. The average molecular weight is 319 g/mol. The molecule has 1 aromatic carbocycles. The van der Waals surface area contributed by atoms with E-state index in [9.17, 15) is 0 Å². The third-order valence-corrected chi connectivity index (χ3v) is 5.84. The van der Waals surface area contributed by atoms with Crippen LogP contribution in [0.5, 0.6) is 0 Å². The maximum Gasteiger partial charge on any atom is 0.0688 e. The van der Waals surface area contributed by atoms with Gasteiger partial charge >= 0.3 is 0 Å². The number of fused-ring (bicyclic) bond motifs is 1. The van der Waals surface area contributed by atoms with Crippen molar-refractivity contribution in [3.8, 4) is 0 Å². The molecule has 0 aliphatic carbocycles. The Morgan fingerprint density at radius 1 is 1.29 bits per heavy atom. The number of anilines is 1. The first-order valence-electron chi connectivity index (χ1n) is 7.38. The molecule has 0 radical (unpaired) electrons. The largest absolute Gasteiger partial charge is 0.365 e. The molecule has 4 heteroatoms. The molecule has 0 amide bonds. The van der Waals surface area contributed by atoms with Crippen LogP contribution in [0.1, 0.15) is 5.56 Å². The van der Waals surface area contributed by atoms with Crippen molar-refractivity contribution in [2.45, 2.75) is 6.04 Å². The molecule has 1 aromatic rings. The molecule has 2 aliphatic heterocycles. The van der Waals surface area contributed by atoms with E-state index in [1.165, 1.54) is 40.9 Å². The van der Waals surface area contributed by atoms with Gasteiger partial charge in [0.15, 0.2) is 0 Å². The van der Waals surface area contributed by atoms with Crippen molar-refractivity contribution < 1.29 is 0 Å². The number of thioether (sulfide) groups is 2. The van der Waals surface area contributed by atoms with E-state index >= 15 is 0 Å². The van der Waals surface area contributed by atoms with E-state index in [1.54, 1.807) is 0 Å². The highest BCUT2D eigenvalue weighted by Gasteiger charge is 2.20. The van der Waals surface area contributed by atoms with Crippen molar-refractivity contribution >= 4 is 35.3 Å². The van der Waals surface area contributed by atoms with Crippen LogP contribution in [0.3, 0.4) is 0 Å². The van der Waals surface area contributed by atoms with Gasteiger partial charge in [-0.3, -0.25) is 0 Å². The van der Waals surface area contributed by atoms with Gasteiger partial charge in [-0.2, -0.15) is 11.8 Å². The molecular formula is C17H22N2S2. The monoisotopic (exact) mass is 318 g/mol. The van der Waals surface area contributed by atoms with E-state index in [0.29, 0.717) is 6.04 Å². The number of benzene rings is 1. The maximum atomic E-state index is 2.53. The van der Waals surface area contributed by atoms with E-state index < -0.39 is 0 Å². The highest BCUT2D eigenvalue weighted by Crippen LogP contribution is 2.30. The molecular weight excluding hydrogens is 296 g/mol. The Labute approximate surface area is 136 Å². The molecule has 21 heavy (non-hydrogen) atoms. The standard InChI is InChI=1S/C17H22N2S2/c1-18-15(8-7-14-5-3-4-6-16(14)18)13-17(20-2)19-9-11-21-12-10-19/h3-8,13,15H,9-12H2,1-2H3/b17-13-. The number of hydrogen-bond donors (Lipinski definition) is 0. The summed E-state index contributed by atoms with van der Waals surface area (Å²) in [6.07, 6.45) is 9.15. The Morgan fingerprint density at radius 3 is 2.81 bits per heavy atom. The zero-order valence-electron chi connectivity index (χ0n) is 12.7. The SMILES string of the molecule is CS/C(=C\C1C=Cc2ccccc2N1C)N1CCSCC1. The van der Waals surface area contributed by atoms with Gasteiger partial charge in [-0.15, -0.1) is 11.8 Å². The fourth-order valence-corrected chi connectivity index (χ4v) is 4.46. The summed E-state index contributed by atoms with van der Waals surface area (Å²) in [5, 5.41) is 1.41. The topological polar surface area (TPSA) is 6.48 Å². The lowest BCUT2D eigenvalue weighted by Gasteiger charge is -2.34. The van der Waals surface area contributed by atoms with E-state index in [1.807, 2.05) is 11.8 Å². The van der Waals surface area contributed by atoms with Crippen LogP contribution >= 0.6 is 23.5 Å². The zero-order valence-corrected chi connectivity index (χ0v) is 14.3. The lowest BCUT2D eigenvalue weighted by Crippen LogP contribution is -2.34. The van der Waals surface area contributed by atoms with Gasteiger partial charge in [0.25, 0.3) is 0 Å². The molecule has 0 aromatic heterocycles. The normalized spacial score (nSPS) is 22.4. The quantitative estimate of drug-likeness (QED) is 0.836. The molecule has 1 saturated heterocycles. The number of nitrogens with zero attached hydrogens (tertiary/aromatic N) is 2. The first-order valence-corrected chi connectivity index (χ1v) is 9.76. The predicted molar refractivity (Wildman–Crippen MR) is 98.2 cm³/mol. The average Bonchev–Trinajstić information content (AvgIpc) is 2.55. The van der Waals surface area contributed by atoms with Gasteiger partial charge < -0.3 is 9.80 Å². The summed E-state index contributed by atoms with van der Waals surface area (Å²) in [6.45, 7) is 2.35. The third-order valence-electron chi connectivity index (χ3n) is 4.08. The smallest absolute Gasteiger partial charge is 0.0688 e. The molecule has 3 rings (SSSR count). The molecule has 2 aliphatic rings. The minimum atomic E-state index is 0.344. The first kappa shape index (κ1) is 14.9. The maximum absolute atomic E-state index is 2.53. The van der Waals surface area contributed by atoms with Gasteiger partial charge in [-0.25, -0.2) is 0 Å². The van der Waals surface area contributed by atoms with E-state index in [-0.39, 0.29) is 0 Å². The van der Waals surface area contributed by atoms with Gasteiger partial charge in [0, 0.05) is 37.3 Å². The molecule has 2 heterocycles. The van der Waals surface area contributed by atoms with Crippen molar-refractivity contribution in [3.05, 3.63) is 47.0 Å². The molecule has 0 spiro atoms. The molecule has 0 N–H and O–H groups in total. The Morgan fingerprint density at radius 2 is 2.05 bits per heavy atom. The van der Waals surface area contributed by atoms with Crippen molar-refractivity contribution in [2.24, 2.45) is 0 Å². The summed E-state index contributed by atoms with van der Waals surface area (Å²) >= 11 is 3.93. The minimum Gasteiger partial charge on any atom is -0.365 e. The Balaban J connectivity index is 1.82. The second-order valence-corrected chi connectivity index (χ2v) is 7.38. The molecule has 1 atom stereocenters. The number of para-hydroxylation sites is 1. The summed E-state index contributed by atoms with van der Waals surface area (Å²) in [5.41, 5.74) is 2.63. The van der Waals surface area contributed by atoms with Gasteiger partial charge in [0.1, 0.15) is 0 Å². The zero-order chi connectivity index (χ0) is 14.7. The number of likely N-dealkylation sites (N-methyl/N-ethyl adjacent to an activating group) is 1. The summed E-state index contributed by atoms with van der Waals surface area (Å²) in [5.74, 6) is 2.49. The van der Waals surface area contributed by atoms with Crippen LogP contribution < -0.4 is 4.90 Å². The Bertz CT molecular complexity index is 547. The van der Waals surface area contributed by atoms with Crippen LogP contribution in [0.15, 0.2) is 41.4 Å². The van der Waals surface area contributed by atoms with Crippen molar-refractivity contribution in [1.82, 2.24) is 4.90 Å². The van der Waals surface area contributed by atoms with Crippen LogP contribution in [0.2, 0.25) is 0 Å². The lowest BCUT2D eigenvalue weighted by atomic mass is 10.0. The van der Waals surface area contributed by atoms with Crippen molar-refractivity contribution in [1.29, 1.82) is 0 Å². The van der Waals surface area contributed by atoms with E-state index in [4.69, 9.17) is 0 Å². The summed E-state index contributed by atoms with van der Waals surface area (Å²) in [4.78, 5) is 4.90. The highest BCUT2D eigenvalue weighted by molar-refractivity contribution is 8.02. The fraction of sp³-hybridized carbons (Fsp3) is 0.412. The molecule has 112 valence electrons. The van der Waals surface area contributed by atoms with E-state index in [2.05, 4.69) is 77.4 Å². The molecule has 0 bridgehead atoms. The Hall–Kier alpha value is -1.00. The first-order chi connectivity index (χ1) is 10.3. The number of rotatable bonds is 3. The summed E-state index contributed by atoms with van der Waals surface area (Å²) in [7, 11) is 2.19. The van der Waals surface area contributed by atoms with Gasteiger partial charge in [0.05, 0.1) is 11.1 Å². The second-order valence-electron chi connectivity index (χ2n) is 5.33. The molecule has 2 nitrogen and oxygen atoms in total. The van der Waals surface area contributed by atoms with Crippen LogP contribution in [0.25, 0.3) is 6.08 Å². The molecule has 1 unspecified atom stereocenters. The lowest BCUT2D eigenvalue weighted by molar-refractivity contribution is 0.405. The summed E-state index contributed by atoms with van der Waals surface area (Å²) < 4.78 is 0. The van der Waals surface area contributed by atoms with E-state index in [0.717, 1.165) is 0 Å². The van der Waals surface area contributed by atoms with Crippen molar-refractivity contribution in [3.63, 3.8) is 0 Å². The highest BCUT2D eigenvalue weighted by atomic mass is 32.2. The van der Waals surface area contributed by atoms with Gasteiger partial charge in [0.2, 0.25) is 0 Å². The van der Waals surface area contributed by atoms with Crippen LogP contribution in [0.4, 0.5) is 5.69 Å². The van der Waals surface area contributed by atoms with Crippen molar-refractivity contribution in [2.75, 3.05) is 42.8 Å². The molecule has 0 saturated carbocycles. The second kappa shape index (κ2) is 6.84. The number of hydrogen-bond acceptors (Lipinski definition) is 4. The predicted octanol–water partition coefficient (Wildman–Crippen LogP) is 3.77. The van der Waals surface area contributed by atoms with Crippen LogP contribution in [0, 0.1) is 0 Å². The van der Waals surface area contributed by atoms with Crippen LogP contribution in [-0.4, -0.2) is 48.8 Å². The van der Waals surface area contributed by atoms with Gasteiger partial charge in [-0.1, -0.05) is 30.4 Å². The Kier molecular flexibility index (Phi) is 4.86. The minimum absolute atomic E-state index is 0.344.